The fourth-order valence-electron chi connectivity index (χ4n) is 3.98. The molecule has 1 amide bonds. The van der Waals surface area contributed by atoms with Crippen molar-refractivity contribution in [1.82, 2.24) is 5.32 Å². The van der Waals surface area contributed by atoms with E-state index in [-0.39, 0.29) is 35.5 Å². The molecule has 7 nitrogen and oxygen atoms in total. The van der Waals surface area contributed by atoms with E-state index in [0.717, 1.165) is 25.0 Å². The smallest absolute Gasteiger partial charge is 0.244 e. The van der Waals surface area contributed by atoms with Crippen LogP contribution in [-0.2, 0) is 23.7 Å². The average molecular weight is 422 g/mol. The molecular formula is C23H35NO6. The van der Waals surface area contributed by atoms with Gasteiger partial charge >= 0.3 is 0 Å². The molecule has 3 rings (SSSR count). The Morgan fingerprint density at radius 2 is 1.97 bits per heavy atom. The van der Waals surface area contributed by atoms with Crippen molar-refractivity contribution in [2.24, 2.45) is 0 Å². The summed E-state index contributed by atoms with van der Waals surface area (Å²) in [6, 6.07) is -0.193. The van der Waals surface area contributed by atoms with Gasteiger partial charge in [-0.25, -0.2) is 0 Å². The quantitative estimate of drug-likeness (QED) is 0.373. The maximum absolute atomic E-state index is 11.7. The average Bonchev–Trinajstić information content (AvgIpc) is 3.40. The first kappa shape index (κ1) is 23.2. The van der Waals surface area contributed by atoms with Gasteiger partial charge in [0.2, 0.25) is 5.91 Å². The molecule has 168 valence electrons. The Morgan fingerprint density at radius 3 is 2.60 bits per heavy atom. The van der Waals surface area contributed by atoms with E-state index in [4.69, 9.17) is 24.1 Å². The van der Waals surface area contributed by atoms with Crippen LogP contribution in [-0.4, -0.2) is 66.6 Å². The van der Waals surface area contributed by atoms with E-state index in [2.05, 4.69) is 37.4 Å². The van der Waals surface area contributed by atoms with Crippen molar-refractivity contribution in [2.45, 2.75) is 82.7 Å². The van der Waals surface area contributed by atoms with Gasteiger partial charge in [0.1, 0.15) is 0 Å². The molecule has 3 aliphatic heterocycles. The van der Waals surface area contributed by atoms with Crippen LogP contribution in [0.25, 0.3) is 0 Å². The lowest BCUT2D eigenvalue weighted by atomic mass is 9.85. The van der Waals surface area contributed by atoms with Crippen LogP contribution < -0.4 is 5.32 Å². The molecule has 0 unspecified atom stereocenters. The maximum atomic E-state index is 11.7. The minimum absolute atomic E-state index is 0.0241. The summed E-state index contributed by atoms with van der Waals surface area (Å²) in [7, 11) is 0. The number of rotatable bonds is 7. The molecule has 0 bridgehead atoms. The molecule has 3 heterocycles. The molecule has 3 atom stereocenters. The minimum atomic E-state index is -0.651. The summed E-state index contributed by atoms with van der Waals surface area (Å²) in [6.07, 6.45) is 10.6. The first-order valence-electron chi connectivity index (χ1n) is 10.7. The molecule has 0 aromatic rings. The van der Waals surface area contributed by atoms with Crippen LogP contribution in [0.1, 0.15) is 47.0 Å². The van der Waals surface area contributed by atoms with Crippen LogP contribution in [0, 0.1) is 0 Å². The minimum Gasteiger partial charge on any atom is -0.389 e. The van der Waals surface area contributed by atoms with Gasteiger partial charge in [-0.05, 0) is 27.7 Å². The number of amides is 1. The normalized spacial score (nSPS) is 35.1. The summed E-state index contributed by atoms with van der Waals surface area (Å²) < 4.78 is 23.3. The van der Waals surface area contributed by atoms with Gasteiger partial charge in [0.25, 0.3) is 0 Å². The van der Waals surface area contributed by atoms with E-state index < -0.39 is 6.10 Å². The Labute approximate surface area is 179 Å². The maximum Gasteiger partial charge on any atom is 0.244 e. The zero-order valence-corrected chi connectivity index (χ0v) is 18.4. The van der Waals surface area contributed by atoms with Gasteiger partial charge < -0.3 is 29.4 Å². The molecule has 0 aromatic heterocycles. The van der Waals surface area contributed by atoms with Crippen LogP contribution in [0.15, 0.2) is 36.0 Å². The molecule has 7 heteroatoms. The van der Waals surface area contributed by atoms with Crippen LogP contribution in [0.3, 0.4) is 0 Å². The third kappa shape index (κ3) is 7.32. The van der Waals surface area contributed by atoms with E-state index in [1.807, 2.05) is 6.92 Å². The summed E-state index contributed by atoms with van der Waals surface area (Å²) in [5.41, 5.74) is 0.984. The Morgan fingerprint density at radius 1 is 1.27 bits per heavy atom. The second-order valence-corrected chi connectivity index (χ2v) is 9.21. The number of ether oxygens (including phenoxy) is 4. The summed E-state index contributed by atoms with van der Waals surface area (Å²) in [5.74, 6) is -0.265. The molecule has 2 N–H and O–H groups in total. The molecule has 3 saturated heterocycles. The van der Waals surface area contributed by atoms with Crippen LogP contribution in [0.4, 0.5) is 0 Å². The Bertz CT molecular complexity index is 678. The van der Waals surface area contributed by atoms with Gasteiger partial charge in [-0.1, -0.05) is 29.9 Å². The lowest BCUT2D eigenvalue weighted by Crippen LogP contribution is -2.46. The van der Waals surface area contributed by atoms with Gasteiger partial charge in [-0.15, -0.1) is 0 Å². The largest absolute Gasteiger partial charge is 0.389 e. The molecule has 0 aromatic carbocycles. The number of aliphatic hydroxyl groups excluding tert-OH is 1. The highest BCUT2D eigenvalue weighted by Gasteiger charge is 2.53. The highest BCUT2D eigenvalue weighted by Crippen LogP contribution is 2.46. The number of carbonyl (C=O) groups excluding carboxylic acids is 1. The molecule has 1 spiro atoms. The van der Waals surface area contributed by atoms with E-state index in [9.17, 15) is 4.79 Å². The number of carbonyl (C=O) groups is 1. The van der Waals surface area contributed by atoms with Crippen LogP contribution in [0.2, 0.25) is 0 Å². The van der Waals surface area contributed by atoms with E-state index in [1.165, 1.54) is 12.2 Å². The molecule has 3 fully saturated rings. The number of aliphatic hydroxyl groups is 1. The topological polar surface area (TPSA) is 89.5 Å². The van der Waals surface area contributed by atoms with E-state index in [1.54, 1.807) is 6.92 Å². The first-order chi connectivity index (χ1) is 14.1. The standard InChI is InChI=1S/C23H35NO6/c1-16(5-8-19-11-23(15-29-23)14-22(3,4)30-19)6-10-21-27-12-18(13-28-21)24-20(26)9-7-17(2)25/h5-9,17-19,21,25H,10-15H2,1-4H3,(H,24,26)/t17-,18?,19+,21?,23+/m0/s1. The number of allylic oxidation sites excluding steroid dienone is 2. The van der Waals surface area contributed by atoms with Crippen molar-refractivity contribution in [3.8, 4) is 0 Å². The summed E-state index contributed by atoms with van der Waals surface area (Å²) in [6.45, 7) is 9.52. The molecule has 30 heavy (non-hydrogen) atoms. The fraction of sp³-hybridized carbons (Fsp3) is 0.696. The Balaban J connectivity index is 1.39. The van der Waals surface area contributed by atoms with Crippen molar-refractivity contribution >= 4 is 5.91 Å². The van der Waals surface area contributed by atoms with Gasteiger partial charge in [0.15, 0.2) is 6.29 Å². The fourth-order valence-corrected chi connectivity index (χ4v) is 3.98. The van der Waals surface area contributed by atoms with Crippen molar-refractivity contribution < 1.29 is 28.8 Å². The molecule has 0 radical (unpaired) electrons. The van der Waals surface area contributed by atoms with Crippen LogP contribution in [0.5, 0.6) is 0 Å². The van der Waals surface area contributed by atoms with Crippen molar-refractivity contribution in [3.05, 3.63) is 36.0 Å². The molecular weight excluding hydrogens is 386 g/mol. The SMILES string of the molecule is CC(C=C[C@@H]1C[C@]2(CO2)CC(C)(C)O1)=CCC1OCC(NC(=O)C=C[C@H](C)O)CO1. The zero-order chi connectivity index (χ0) is 21.8. The van der Waals surface area contributed by atoms with Gasteiger partial charge in [0, 0.05) is 25.3 Å². The van der Waals surface area contributed by atoms with E-state index in [0.29, 0.717) is 19.6 Å². The van der Waals surface area contributed by atoms with E-state index >= 15 is 0 Å². The second kappa shape index (κ2) is 9.75. The monoisotopic (exact) mass is 421 g/mol. The number of hydrogen-bond donors (Lipinski definition) is 2. The Kier molecular flexibility index (Phi) is 7.52. The van der Waals surface area contributed by atoms with Crippen molar-refractivity contribution in [2.75, 3.05) is 19.8 Å². The predicted molar refractivity (Wildman–Crippen MR) is 113 cm³/mol. The second-order valence-electron chi connectivity index (χ2n) is 9.21. The summed E-state index contributed by atoms with van der Waals surface area (Å²) in [5, 5.41) is 12.0. The lowest BCUT2D eigenvalue weighted by Gasteiger charge is -2.38. The van der Waals surface area contributed by atoms with Crippen molar-refractivity contribution in [1.29, 1.82) is 0 Å². The number of epoxide rings is 1. The number of nitrogens with one attached hydrogen (secondary N) is 1. The number of hydrogen-bond acceptors (Lipinski definition) is 6. The van der Waals surface area contributed by atoms with Crippen molar-refractivity contribution in [3.63, 3.8) is 0 Å². The van der Waals surface area contributed by atoms with Gasteiger partial charge in [-0.2, -0.15) is 0 Å². The summed E-state index contributed by atoms with van der Waals surface area (Å²) >= 11 is 0. The third-order valence-electron chi connectivity index (χ3n) is 5.39. The van der Waals surface area contributed by atoms with Gasteiger partial charge in [0.05, 0.1) is 49.3 Å². The molecule has 3 aliphatic rings. The van der Waals surface area contributed by atoms with Crippen LogP contribution >= 0.6 is 0 Å². The highest BCUT2D eigenvalue weighted by atomic mass is 16.7. The predicted octanol–water partition coefficient (Wildman–Crippen LogP) is 2.40. The Hall–Kier alpha value is -1.51. The lowest BCUT2D eigenvalue weighted by molar-refractivity contribution is -0.187. The molecule has 0 saturated carbocycles. The first-order valence-corrected chi connectivity index (χ1v) is 10.7. The third-order valence-corrected chi connectivity index (χ3v) is 5.39. The zero-order valence-electron chi connectivity index (χ0n) is 18.4. The summed E-state index contributed by atoms with van der Waals surface area (Å²) in [4.78, 5) is 11.7. The van der Waals surface area contributed by atoms with Gasteiger partial charge in [-0.3, -0.25) is 4.79 Å². The molecule has 0 aliphatic carbocycles. The highest BCUT2D eigenvalue weighted by molar-refractivity contribution is 5.87.